The van der Waals surface area contributed by atoms with E-state index < -0.39 is 0 Å². The van der Waals surface area contributed by atoms with E-state index in [2.05, 4.69) is 46.4 Å². The molecule has 0 saturated heterocycles. The highest BCUT2D eigenvalue weighted by atomic mass is 79.9. The van der Waals surface area contributed by atoms with Crippen LogP contribution in [0.25, 0.3) is 0 Å². The van der Waals surface area contributed by atoms with Gasteiger partial charge in [0.2, 0.25) is 0 Å². The third-order valence-corrected chi connectivity index (χ3v) is 4.61. The smallest absolute Gasteiger partial charge is 0.125 e. The van der Waals surface area contributed by atoms with Gasteiger partial charge in [-0.05, 0) is 77.0 Å². The molecule has 3 heteroatoms. The van der Waals surface area contributed by atoms with Crippen molar-refractivity contribution in [3.63, 3.8) is 0 Å². The Morgan fingerprint density at radius 1 is 1.10 bits per heavy atom. The van der Waals surface area contributed by atoms with E-state index in [1.54, 1.807) is 6.07 Å². The van der Waals surface area contributed by atoms with Crippen molar-refractivity contribution in [3.8, 4) is 0 Å². The van der Waals surface area contributed by atoms with Crippen LogP contribution >= 0.6 is 15.9 Å². The van der Waals surface area contributed by atoms with Gasteiger partial charge in [0.1, 0.15) is 5.82 Å². The highest BCUT2D eigenvalue weighted by Crippen LogP contribution is 2.30. The highest BCUT2D eigenvalue weighted by molar-refractivity contribution is 9.10. The topological polar surface area (TPSA) is 12.0 Å². The summed E-state index contributed by atoms with van der Waals surface area (Å²) < 4.78 is 14.2. The molecule has 0 amide bonds. The summed E-state index contributed by atoms with van der Waals surface area (Å²) in [6, 6.07) is 11.5. The Hall–Kier alpha value is -1.35. The van der Waals surface area contributed by atoms with Gasteiger partial charge in [0.25, 0.3) is 0 Å². The molecule has 1 N–H and O–H groups in total. The van der Waals surface area contributed by atoms with Gasteiger partial charge in [-0.1, -0.05) is 18.2 Å². The molecule has 104 valence electrons. The molecule has 1 atom stereocenters. The van der Waals surface area contributed by atoms with Crippen molar-refractivity contribution in [3.05, 3.63) is 63.4 Å². The van der Waals surface area contributed by atoms with Crippen molar-refractivity contribution >= 4 is 21.6 Å². The fourth-order valence-electron chi connectivity index (χ4n) is 2.79. The van der Waals surface area contributed by atoms with Crippen LogP contribution in [0.3, 0.4) is 0 Å². The number of hydrogen-bond donors (Lipinski definition) is 1. The van der Waals surface area contributed by atoms with Crippen molar-refractivity contribution in [2.45, 2.75) is 32.2 Å². The molecule has 2 aromatic carbocycles. The van der Waals surface area contributed by atoms with Crippen LogP contribution in [0.2, 0.25) is 0 Å². The zero-order valence-electron chi connectivity index (χ0n) is 11.4. The first-order valence-electron chi connectivity index (χ1n) is 6.97. The standard InChI is InChI=1S/C17H17BrFN/c1-11(20-17-10-15(19)7-8-16(17)18)13-6-5-12-3-2-4-14(12)9-13/h5-11,20H,2-4H2,1H3. The summed E-state index contributed by atoms with van der Waals surface area (Å²) in [6.07, 6.45) is 3.64. The second-order valence-electron chi connectivity index (χ2n) is 5.37. The first-order valence-corrected chi connectivity index (χ1v) is 7.76. The number of aryl methyl sites for hydroxylation is 2. The van der Waals surface area contributed by atoms with Gasteiger partial charge in [0.15, 0.2) is 0 Å². The number of rotatable bonds is 3. The van der Waals surface area contributed by atoms with Crippen LogP contribution in [0.4, 0.5) is 10.1 Å². The SMILES string of the molecule is CC(Nc1cc(F)ccc1Br)c1ccc2c(c1)CCC2. The molecule has 3 rings (SSSR count). The quantitative estimate of drug-likeness (QED) is 0.808. The van der Waals surface area contributed by atoms with Gasteiger partial charge < -0.3 is 5.32 Å². The molecule has 0 heterocycles. The molecule has 1 unspecified atom stereocenters. The predicted molar refractivity (Wildman–Crippen MR) is 84.6 cm³/mol. The molecule has 0 radical (unpaired) electrons. The van der Waals surface area contributed by atoms with Gasteiger partial charge in [-0.2, -0.15) is 0 Å². The van der Waals surface area contributed by atoms with Crippen molar-refractivity contribution in [2.24, 2.45) is 0 Å². The molecule has 1 aliphatic rings. The van der Waals surface area contributed by atoms with Gasteiger partial charge in [-0.3, -0.25) is 0 Å². The Balaban J connectivity index is 1.82. The Labute approximate surface area is 127 Å². The fourth-order valence-corrected chi connectivity index (χ4v) is 3.15. The minimum Gasteiger partial charge on any atom is -0.378 e. The van der Waals surface area contributed by atoms with Crippen molar-refractivity contribution < 1.29 is 4.39 Å². The third-order valence-electron chi connectivity index (χ3n) is 3.92. The average Bonchev–Trinajstić information content (AvgIpc) is 2.90. The Morgan fingerprint density at radius 3 is 2.75 bits per heavy atom. The molecule has 0 saturated carbocycles. The lowest BCUT2D eigenvalue weighted by molar-refractivity contribution is 0.627. The summed E-state index contributed by atoms with van der Waals surface area (Å²) in [4.78, 5) is 0. The van der Waals surface area contributed by atoms with Gasteiger partial charge in [0.05, 0.1) is 5.69 Å². The first-order chi connectivity index (χ1) is 9.63. The van der Waals surface area contributed by atoms with E-state index in [4.69, 9.17) is 0 Å². The van der Waals surface area contributed by atoms with Gasteiger partial charge >= 0.3 is 0 Å². The van der Waals surface area contributed by atoms with E-state index in [9.17, 15) is 4.39 Å². The number of fused-ring (bicyclic) bond motifs is 1. The summed E-state index contributed by atoms with van der Waals surface area (Å²) in [5.74, 6) is -0.225. The zero-order chi connectivity index (χ0) is 14.1. The molecular weight excluding hydrogens is 317 g/mol. The van der Waals surface area contributed by atoms with Crippen LogP contribution in [0, 0.1) is 5.82 Å². The van der Waals surface area contributed by atoms with Crippen LogP contribution < -0.4 is 5.32 Å². The Kier molecular flexibility index (Phi) is 3.79. The van der Waals surface area contributed by atoms with E-state index in [0.717, 1.165) is 10.2 Å². The fraction of sp³-hybridized carbons (Fsp3) is 0.294. The molecule has 1 aliphatic carbocycles. The summed E-state index contributed by atoms with van der Waals surface area (Å²) in [6.45, 7) is 2.11. The van der Waals surface area contributed by atoms with E-state index in [0.29, 0.717) is 0 Å². The second kappa shape index (κ2) is 5.57. The molecule has 0 aliphatic heterocycles. The number of hydrogen-bond acceptors (Lipinski definition) is 1. The monoisotopic (exact) mass is 333 g/mol. The largest absolute Gasteiger partial charge is 0.378 e. The van der Waals surface area contributed by atoms with Crippen LogP contribution in [-0.2, 0) is 12.8 Å². The molecule has 20 heavy (non-hydrogen) atoms. The van der Waals surface area contributed by atoms with E-state index in [1.807, 2.05) is 0 Å². The van der Waals surface area contributed by atoms with E-state index >= 15 is 0 Å². The van der Waals surface area contributed by atoms with Crippen LogP contribution in [-0.4, -0.2) is 0 Å². The Morgan fingerprint density at radius 2 is 1.90 bits per heavy atom. The minimum atomic E-state index is -0.225. The summed E-state index contributed by atoms with van der Waals surface area (Å²) in [5, 5.41) is 3.37. The molecular formula is C17H17BrFN. The summed E-state index contributed by atoms with van der Waals surface area (Å²) in [5.41, 5.74) is 4.99. The van der Waals surface area contributed by atoms with Crippen LogP contribution in [0.15, 0.2) is 40.9 Å². The van der Waals surface area contributed by atoms with Gasteiger partial charge in [-0.25, -0.2) is 4.39 Å². The summed E-state index contributed by atoms with van der Waals surface area (Å²) in [7, 11) is 0. The number of benzene rings is 2. The van der Waals surface area contributed by atoms with E-state index in [-0.39, 0.29) is 11.9 Å². The maximum absolute atomic E-state index is 13.3. The van der Waals surface area contributed by atoms with Crippen LogP contribution in [0.5, 0.6) is 0 Å². The maximum atomic E-state index is 13.3. The average molecular weight is 334 g/mol. The lowest BCUT2D eigenvalue weighted by atomic mass is 10.0. The molecule has 0 bridgehead atoms. The van der Waals surface area contributed by atoms with Crippen LogP contribution in [0.1, 0.15) is 36.1 Å². The minimum absolute atomic E-state index is 0.152. The Bertz CT molecular complexity index is 639. The molecule has 0 spiro atoms. The number of nitrogens with one attached hydrogen (secondary N) is 1. The van der Waals surface area contributed by atoms with Crippen molar-refractivity contribution in [2.75, 3.05) is 5.32 Å². The van der Waals surface area contributed by atoms with Crippen molar-refractivity contribution in [1.29, 1.82) is 0 Å². The second-order valence-corrected chi connectivity index (χ2v) is 6.23. The normalized spacial score (nSPS) is 14.9. The predicted octanol–water partition coefficient (Wildman–Crippen LogP) is 5.25. The first kappa shape index (κ1) is 13.6. The summed E-state index contributed by atoms with van der Waals surface area (Å²) >= 11 is 3.45. The lowest BCUT2D eigenvalue weighted by Gasteiger charge is -2.18. The molecule has 0 aromatic heterocycles. The van der Waals surface area contributed by atoms with Crippen molar-refractivity contribution in [1.82, 2.24) is 0 Å². The number of anilines is 1. The van der Waals surface area contributed by atoms with E-state index in [1.165, 1.54) is 48.1 Å². The zero-order valence-corrected chi connectivity index (χ0v) is 13.0. The molecule has 2 aromatic rings. The van der Waals surface area contributed by atoms with Gasteiger partial charge in [-0.15, -0.1) is 0 Å². The maximum Gasteiger partial charge on any atom is 0.125 e. The number of halogens is 2. The highest BCUT2D eigenvalue weighted by Gasteiger charge is 2.14. The van der Waals surface area contributed by atoms with Gasteiger partial charge in [0, 0.05) is 10.5 Å². The lowest BCUT2D eigenvalue weighted by Crippen LogP contribution is -2.08. The third kappa shape index (κ3) is 2.73. The molecule has 0 fully saturated rings. The molecule has 1 nitrogen and oxygen atoms in total.